The highest BCUT2D eigenvalue weighted by molar-refractivity contribution is 7.98. The molecule has 0 fully saturated rings. The van der Waals surface area contributed by atoms with Gasteiger partial charge in [0.2, 0.25) is 0 Å². The Morgan fingerprint density at radius 3 is 2.87 bits per heavy atom. The summed E-state index contributed by atoms with van der Waals surface area (Å²) in [4.78, 5) is 19.9. The zero-order valence-electron chi connectivity index (χ0n) is 17.8. The van der Waals surface area contributed by atoms with E-state index in [1.807, 2.05) is 17.4 Å². The number of hydrogen-bond donors (Lipinski definition) is 2. The second-order valence-corrected chi connectivity index (χ2v) is 9.60. The van der Waals surface area contributed by atoms with Crippen LogP contribution in [0.25, 0.3) is 0 Å². The van der Waals surface area contributed by atoms with Crippen LogP contribution in [0.2, 0.25) is 0 Å². The molecule has 0 amide bonds. The Kier molecular flexibility index (Phi) is 10.1. The number of aliphatic imine (C=N–C) groups is 1. The van der Waals surface area contributed by atoms with E-state index in [0.717, 1.165) is 23.6 Å². The number of rotatable bonds is 12. The van der Waals surface area contributed by atoms with Crippen LogP contribution >= 0.6 is 23.1 Å². The highest BCUT2D eigenvalue weighted by Crippen LogP contribution is 2.26. The number of nitro groups is 1. The van der Waals surface area contributed by atoms with Crippen molar-refractivity contribution < 1.29 is 10.0 Å². The number of phenolic OH excluding ortho intramolecular Hbond substituents is 1. The van der Waals surface area contributed by atoms with Crippen molar-refractivity contribution in [3.8, 4) is 5.75 Å². The van der Waals surface area contributed by atoms with Crippen molar-refractivity contribution in [3.05, 3.63) is 61.3 Å². The van der Waals surface area contributed by atoms with E-state index >= 15 is 0 Å². The molecule has 0 atom stereocenters. The lowest BCUT2D eigenvalue weighted by atomic mass is 10.1. The van der Waals surface area contributed by atoms with Gasteiger partial charge in [-0.25, -0.2) is 0 Å². The molecule has 0 unspecified atom stereocenters. The van der Waals surface area contributed by atoms with E-state index in [2.05, 4.69) is 42.3 Å². The largest absolute Gasteiger partial charge is 0.508 e. The molecule has 0 aliphatic heterocycles. The first kappa shape index (κ1) is 24.2. The van der Waals surface area contributed by atoms with Gasteiger partial charge in [-0.05, 0) is 56.8 Å². The zero-order valence-corrected chi connectivity index (χ0v) is 19.4. The van der Waals surface area contributed by atoms with Crippen LogP contribution in [-0.4, -0.2) is 60.2 Å². The van der Waals surface area contributed by atoms with Crippen LogP contribution in [0.15, 0.2) is 35.3 Å². The third kappa shape index (κ3) is 9.15. The van der Waals surface area contributed by atoms with Crippen molar-refractivity contribution in [1.82, 2.24) is 10.2 Å². The Labute approximate surface area is 186 Å². The fraction of sp³-hybridized carbons (Fsp3) is 0.476. The van der Waals surface area contributed by atoms with Crippen LogP contribution in [0.1, 0.15) is 20.9 Å². The number of hydrogen-bond acceptors (Lipinski definition) is 7. The predicted octanol–water partition coefficient (Wildman–Crippen LogP) is 3.56. The fourth-order valence-corrected chi connectivity index (χ4v) is 5.10. The number of benzene rings is 1. The lowest BCUT2D eigenvalue weighted by molar-refractivity contribution is -0.463. The van der Waals surface area contributed by atoms with Crippen LogP contribution < -0.4 is 5.32 Å². The topological polar surface area (TPSA) is 91.0 Å². The van der Waals surface area contributed by atoms with E-state index < -0.39 is 0 Å². The highest BCUT2D eigenvalue weighted by Gasteiger charge is 2.08. The van der Waals surface area contributed by atoms with Crippen LogP contribution in [0.5, 0.6) is 5.75 Å². The maximum Gasteiger partial charge on any atom is 0.259 e. The van der Waals surface area contributed by atoms with Gasteiger partial charge in [0.25, 0.3) is 6.54 Å². The lowest BCUT2D eigenvalue weighted by Crippen LogP contribution is -2.32. The molecule has 2 aromatic rings. The molecule has 1 heterocycles. The number of thiophene rings is 1. The molecule has 0 radical (unpaired) electrons. The van der Waals surface area contributed by atoms with E-state index in [1.54, 1.807) is 30.0 Å². The quantitative estimate of drug-likeness (QED) is 0.169. The van der Waals surface area contributed by atoms with Crippen LogP contribution in [0.4, 0.5) is 0 Å². The number of thioether (sulfide) groups is 1. The first-order valence-corrected chi connectivity index (χ1v) is 11.8. The SMILES string of the molecule is Cc1cc(CSCCN=C(C[N+](=O)[O-])NCCc2cccc(O)c2)sc1CN(C)C. The summed E-state index contributed by atoms with van der Waals surface area (Å²) in [6.45, 7) is 3.89. The smallest absolute Gasteiger partial charge is 0.259 e. The van der Waals surface area contributed by atoms with Crippen molar-refractivity contribution in [2.24, 2.45) is 4.99 Å². The van der Waals surface area contributed by atoms with Crippen molar-refractivity contribution in [2.75, 3.05) is 39.5 Å². The molecule has 0 aliphatic carbocycles. The van der Waals surface area contributed by atoms with E-state index in [-0.39, 0.29) is 17.2 Å². The van der Waals surface area contributed by atoms with Gasteiger partial charge in [-0.3, -0.25) is 15.1 Å². The number of aryl methyl sites for hydroxylation is 1. The van der Waals surface area contributed by atoms with Gasteiger partial charge in [-0.2, -0.15) is 11.8 Å². The van der Waals surface area contributed by atoms with Crippen LogP contribution in [-0.2, 0) is 18.7 Å². The molecule has 0 saturated heterocycles. The summed E-state index contributed by atoms with van der Waals surface area (Å²) in [5.74, 6) is 2.37. The fourth-order valence-electron chi connectivity index (χ4n) is 2.87. The van der Waals surface area contributed by atoms with Crippen molar-refractivity contribution in [1.29, 1.82) is 0 Å². The summed E-state index contributed by atoms with van der Waals surface area (Å²) in [5, 5.41) is 23.5. The Morgan fingerprint density at radius 1 is 1.37 bits per heavy atom. The zero-order chi connectivity index (χ0) is 21.9. The maximum absolute atomic E-state index is 10.9. The molecule has 0 bridgehead atoms. The summed E-state index contributed by atoms with van der Waals surface area (Å²) in [6.07, 6.45) is 0.660. The summed E-state index contributed by atoms with van der Waals surface area (Å²) in [5.41, 5.74) is 2.31. The van der Waals surface area contributed by atoms with Gasteiger partial charge in [0.05, 0.1) is 6.54 Å². The van der Waals surface area contributed by atoms with Gasteiger partial charge >= 0.3 is 0 Å². The molecule has 1 aromatic carbocycles. The van der Waals surface area contributed by atoms with Gasteiger partial charge in [0.15, 0.2) is 5.84 Å². The molecule has 1 aromatic heterocycles. The van der Waals surface area contributed by atoms with E-state index in [1.165, 1.54) is 15.3 Å². The number of nitrogens with one attached hydrogen (secondary N) is 1. The summed E-state index contributed by atoms with van der Waals surface area (Å²) in [7, 11) is 4.15. The van der Waals surface area contributed by atoms with E-state index in [9.17, 15) is 15.2 Å². The Bertz CT molecular complexity index is 853. The molecule has 7 nitrogen and oxygen atoms in total. The normalized spacial score (nSPS) is 11.8. The first-order valence-electron chi connectivity index (χ1n) is 9.81. The maximum atomic E-state index is 10.9. The Hall–Kier alpha value is -2.10. The molecular weight excluding hydrogens is 420 g/mol. The number of nitrogens with zero attached hydrogens (tertiary/aromatic N) is 3. The number of phenols is 1. The molecule has 0 spiro atoms. The average molecular weight is 451 g/mol. The lowest BCUT2D eigenvalue weighted by Gasteiger charge is -2.08. The van der Waals surface area contributed by atoms with Crippen molar-refractivity contribution >= 4 is 28.9 Å². The summed E-state index contributed by atoms with van der Waals surface area (Å²) >= 11 is 3.65. The predicted molar refractivity (Wildman–Crippen MR) is 127 cm³/mol. The molecule has 2 N–H and O–H groups in total. The Balaban J connectivity index is 1.76. The van der Waals surface area contributed by atoms with Gasteiger partial charge in [0, 0.05) is 39.3 Å². The minimum Gasteiger partial charge on any atom is -0.508 e. The van der Waals surface area contributed by atoms with Gasteiger partial charge in [-0.1, -0.05) is 12.1 Å². The molecule has 0 saturated carbocycles. The minimum atomic E-state index is -0.367. The molecule has 164 valence electrons. The monoisotopic (exact) mass is 450 g/mol. The minimum absolute atomic E-state index is 0.221. The molecular formula is C21H30N4O3S2. The number of aromatic hydroxyl groups is 1. The van der Waals surface area contributed by atoms with E-state index in [0.29, 0.717) is 25.3 Å². The van der Waals surface area contributed by atoms with Crippen LogP contribution in [0, 0.1) is 17.0 Å². The standard InChI is InChI=1S/C21H30N4O3S2/c1-16-11-19(30-20(16)13-24(2)3)15-29-10-9-23-21(14-25(27)28)22-8-7-17-5-4-6-18(26)12-17/h4-6,11-12,26H,7-10,13-15H2,1-3H3,(H,22,23). The molecule has 30 heavy (non-hydrogen) atoms. The van der Waals surface area contributed by atoms with Crippen LogP contribution in [0.3, 0.4) is 0 Å². The molecule has 0 aliphatic rings. The summed E-state index contributed by atoms with van der Waals surface area (Å²) < 4.78 is 0. The van der Waals surface area contributed by atoms with Gasteiger partial charge < -0.3 is 15.3 Å². The second kappa shape index (κ2) is 12.6. The third-order valence-electron chi connectivity index (χ3n) is 4.25. The summed E-state index contributed by atoms with van der Waals surface area (Å²) in [6, 6.07) is 9.26. The second-order valence-electron chi connectivity index (χ2n) is 7.28. The number of amidine groups is 1. The highest BCUT2D eigenvalue weighted by atomic mass is 32.2. The average Bonchev–Trinajstić information content (AvgIpc) is 2.99. The Morgan fingerprint density at radius 2 is 2.17 bits per heavy atom. The van der Waals surface area contributed by atoms with Crippen molar-refractivity contribution in [3.63, 3.8) is 0 Å². The first-order chi connectivity index (χ1) is 14.3. The van der Waals surface area contributed by atoms with Gasteiger partial charge in [-0.15, -0.1) is 11.3 Å². The van der Waals surface area contributed by atoms with E-state index in [4.69, 9.17) is 0 Å². The van der Waals surface area contributed by atoms with Crippen molar-refractivity contribution in [2.45, 2.75) is 25.6 Å². The molecule has 9 heteroatoms. The molecule has 2 rings (SSSR count). The van der Waals surface area contributed by atoms with Gasteiger partial charge in [0.1, 0.15) is 5.75 Å². The third-order valence-corrected chi connectivity index (χ3v) is 6.64.